The summed E-state index contributed by atoms with van der Waals surface area (Å²) in [7, 11) is 1.83. The van der Waals surface area contributed by atoms with E-state index in [1.165, 1.54) is 6.07 Å². The number of anilines is 1. The van der Waals surface area contributed by atoms with Gasteiger partial charge in [-0.2, -0.15) is 0 Å². The molecule has 0 radical (unpaired) electrons. The fourth-order valence-electron chi connectivity index (χ4n) is 1.96. The molecule has 0 aromatic heterocycles. The normalized spacial score (nSPS) is 14.3. The van der Waals surface area contributed by atoms with Crippen molar-refractivity contribution in [3.05, 3.63) is 30.1 Å². The van der Waals surface area contributed by atoms with Crippen LogP contribution in [0.15, 0.2) is 24.3 Å². The predicted molar refractivity (Wildman–Crippen MR) is 73.5 cm³/mol. The summed E-state index contributed by atoms with van der Waals surface area (Å²) < 4.78 is 13.6. The van der Waals surface area contributed by atoms with Crippen molar-refractivity contribution < 1.29 is 9.50 Å². The molecule has 102 valence electrons. The number of para-hydroxylation sites is 1. The van der Waals surface area contributed by atoms with E-state index in [2.05, 4.69) is 12.2 Å². The molecular weight excluding hydrogens is 231 g/mol. The number of nitrogens with zero attached hydrogens (tertiary/aromatic N) is 1. The first-order valence-electron chi connectivity index (χ1n) is 6.34. The molecule has 0 spiro atoms. The zero-order valence-electron chi connectivity index (χ0n) is 11.4. The van der Waals surface area contributed by atoms with Crippen LogP contribution in [-0.4, -0.2) is 37.4 Å². The smallest absolute Gasteiger partial charge is 0.146 e. The molecule has 0 aliphatic heterocycles. The molecule has 0 bridgehead atoms. The second kappa shape index (κ2) is 6.71. The fourth-order valence-corrected chi connectivity index (χ4v) is 1.96. The van der Waals surface area contributed by atoms with E-state index in [0.29, 0.717) is 12.2 Å². The van der Waals surface area contributed by atoms with Crippen LogP contribution in [0.2, 0.25) is 0 Å². The summed E-state index contributed by atoms with van der Waals surface area (Å²) in [5, 5.41) is 12.8. The number of nitrogens with one attached hydrogen (secondary N) is 1. The third-order valence-corrected chi connectivity index (χ3v) is 3.00. The second-order valence-corrected chi connectivity index (χ2v) is 4.95. The molecule has 4 heteroatoms. The van der Waals surface area contributed by atoms with Gasteiger partial charge in [0.2, 0.25) is 0 Å². The van der Waals surface area contributed by atoms with Crippen LogP contribution in [0.4, 0.5) is 10.1 Å². The molecule has 0 heterocycles. The second-order valence-electron chi connectivity index (χ2n) is 4.95. The quantitative estimate of drug-likeness (QED) is 0.781. The molecule has 3 nitrogen and oxygen atoms in total. The largest absolute Gasteiger partial charge is 0.394 e. The van der Waals surface area contributed by atoms with Crippen LogP contribution >= 0.6 is 0 Å². The Labute approximate surface area is 109 Å². The molecule has 1 rings (SSSR count). The standard InChI is InChI=1S/C14H23FN2O/c1-4-9-16-14(2,11-18)10-17(3)13-8-6-5-7-12(13)15/h5-8,16,18H,4,9-11H2,1-3H3. The Balaban J connectivity index is 2.73. The van der Waals surface area contributed by atoms with E-state index in [0.717, 1.165) is 13.0 Å². The van der Waals surface area contributed by atoms with Crippen molar-refractivity contribution in [3.63, 3.8) is 0 Å². The van der Waals surface area contributed by atoms with Crippen LogP contribution in [0.5, 0.6) is 0 Å². The van der Waals surface area contributed by atoms with Gasteiger partial charge in [-0.25, -0.2) is 4.39 Å². The minimum atomic E-state index is -0.424. The predicted octanol–water partition coefficient (Wildman–Crippen LogP) is 2.01. The van der Waals surface area contributed by atoms with Crippen molar-refractivity contribution in [2.75, 3.05) is 31.6 Å². The average molecular weight is 254 g/mol. The summed E-state index contributed by atoms with van der Waals surface area (Å²) in [6.45, 7) is 5.42. The lowest BCUT2D eigenvalue weighted by atomic mass is 10.0. The van der Waals surface area contributed by atoms with Gasteiger partial charge in [-0.3, -0.25) is 0 Å². The van der Waals surface area contributed by atoms with Gasteiger partial charge in [0.15, 0.2) is 0 Å². The molecule has 0 amide bonds. The Hall–Kier alpha value is -1.13. The van der Waals surface area contributed by atoms with E-state index in [1.54, 1.807) is 12.1 Å². The summed E-state index contributed by atoms with van der Waals surface area (Å²) in [4.78, 5) is 1.83. The lowest BCUT2D eigenvalue weighted by Gasteiger charge is -2.34. The molecule has 18 heavy (non-hydrogen) atoms. The van der Waals surface area contributed by atoms with Gasteiger partial charge in [0.1, 0.15) is 5.82 Å². The zero-order chi connectivity index (χ0) is 13.6. The lowest BCUT2D eigenvalue weighted by Crippen LogP contribution is -2.53. The number of aliphatic hydroxyl groups is 1. The number of aliphatic hydroxyl groups excluding tert-OH is 1. The van der Waals surface area contributed by atoms with Crippen LogP contribution in [0.1, 0.15) is 20.3 Å². The number of halogens is 1. The van der Waals surface area contributed by atoms with Crippen molar-refractivity contribution in [2.24, 2.45) is 0 Å². The molecule has 0 fully saturated rings. The summed E-state index contributed by atoms with van der Waals surface area (Å²) in [5.41, 5.74) is 0.128. The van der Waals surface area contributed by atoms with E-state index in [-0.39, 0.29) is 12.4 Å². The topological polar surface area (TPSA) is 35.5 Å². The zero-order valence-corrected chi connectivity index (χ0v) is 11.4. The molecule has 2 N–H and O–H groups in total. The number of benzene rings is 1. The molecule has 0 aliphatic rings. The highest BCUT2D eigenvalue weighted by atomic mass is 19.1. The van der Waals surface area contributed by atoms with Crippen molar-refractivity contribution in [1.29, 1.82) is 0 Å². The van der Waals surface area contributed by atoms with Gasteiger partial charge >= 0.3 is 0 Å². The van der Waals surface area contributed by atoms with Gasteiger partial charge in [0, 0.05) is 13.6 Å². The van der Waals surface area contributed by atoms with Gasteiger partial charge in [-0.1, -0.05) is 19.1 Å². The number of hydrogen-bond acceptors (Lipinski definition) is 3. The number of hydrogen-bond donors (Lipinski definition) is 2. The van der Waals surface area contributed by atoms with Crippen LogP contribution in [0.25, 0.3) is 0 Å². The molecule has 1 atom stereocenters. The lowest BCUT2D eigenvalue weighted by molar-refractivity contribution is 0.179. The first-order valence-corrected chi connectivity index (χ1v) is 6.34. The monoisotopic (exact) mass is 254 g/mol. The van der Waals surface area contributed by atoms with Gasteiger partial charge < -0.3 is 15.3 Å². The first-order chi connectivity index (χ1) is 8.52. The van der Waals surface area contributed by atoms with Crippen LogP contribution in [0.3, 0.4) is 0 Å². The van der Waals surface area contributed by atoms with Crippen molar-refractivity contribution in [3.8, 4) is 0 Å². The number of likely N-dealkylation sites (N-methyl/N-ethyl adjacent to an activating group) is 1. The maximum absolute atomic E-state index is 13.6. The molecule has 1 unspecified atom stereocenters. The van der Waals surface area contributed by atoms with E-state index in [1.807, 2.05) is 24.9 Å². The van der Waals surface area contributed by atoms with Gasteiger partial charge in [-0.05, 0) is 32.0 Å². The summed E-state index contributed by atoms with van der Waals surface area (Å²) in [6.07, 6.45) is 0.999. The summed E-state index contributed by atoms with van der Waals surface area (Å²) >= 11 is 0. The molecule has 1 aromatic rings. The summed E-state index contributed by atoms with van der Waals surface area (Å²) in [5.74, 6) is -0.240. The van der Waals surface area contributed by atoms with Crippen molar-refractivity contribution in [1.82, 2.24) is 5.32 Å². The van der Waals surface area contributed by atoms with Crippen LogP contribution in [-0.2, 0) is 0 Å². The maximum atomic E-state index is 13.6. The fraction of sp³-hybridized carbons (Fsp3) is 0.571. The van der Waals surface area contributed by atoms with E-state index in [9.17, 15) is 9.50 Å². The highest BCUT2D eigenvalue weighted by Gasteiger charge is 2.25. The van der Waals surface area contributed by atoms with E-state index < -0.39 is 5.54 Å². The maximum Gasteiger partial charge on any atom is 0.146 e. The van der Waals surface area contributed by atoms with Crippen molar-refractivity contribution >= 4 is 5.69 Å². The number of rotatable bonds is 7. The molecule has 0 saturated carbocycles. The van der Waals surface area contributed by atoms with Crippen LogP contribution in [0, 0.1) is 5.82 Å². The third-order valence-electron chi connectivity index (χ3n) is 3.00. The highest BCUT2D eigenvalue weighted by Crippen LogP contribution is 2.19. The Morgan fingerprint density at radius 3 is 2.61 bits per heavy atom. The van der Waals surface area contributed by atoms with Gasteiger partial charge in [0.05, 0.1) is 17.8 Å². The van der Waals surface area contributed by atoms with Gasteiger partial charge in [-0.15, -0.1) is 0 Å². The van der Waals surface area contributed by atoms with Crippen LogP contribution < -0.4 is 10.2 Å². The Morgan fingerprint density at radius 2 is 2.06 bits per heavy atom. The SMILES string of the molecule is CCCNC(C)(CO)CN(C)c1ccccc1F. The molecular formula is C14H23FN2O. The van der Waals surface area contributed by atoms with E-state index in [4.69, 9.17) is 0 Å². The molecule has 0 aliphatic carbocycles. The first kappa shape index (κ1) is 14.9. The van der Waals surface area contributed by atoms with E-state index >= 15 is 0 Å². The molecule has 1 aromatic carbocycles. The summed E-state index contributed by atoms with van der Waals surface area (Å²) in [6, 6.07) is 6.67. The minimum Gasteiger partial charge on any atom is -0.394 e. The molecule has 0 saturated heterocycles. The Kier molecular flexibility index (Phi) is 5.56. The Bertz CT molecular complexity index is 373. The Morgan fingerprint density at radius 1 is 1.39 bits per heavy atom. The van der Waals surface area contributed by atoms with Crippen molar-refractivity contribution in [2.45, 2.75) is 25.8 Å². The van der Waals surface area contributed by atoms with Gasteiger partial charge in [0.25, 0.3) is 0 Å². The highest BCUT2D eigenvalue weighted by molar-refractivity contribution is 5.47. The average Bonchev–Trinajstić information content (AvgIpc) is 2.37. The third kappa shape index (κ3) is 3.96. The minimum absolute atomic E-state index is 0.0196.